The van der Waals surface area contributed by atoms with E-state index < -0.39 is 6.04 Å². The number of likely N-dealkylation sites (tertiary alicyclic amines) is 1. The van der Waals surface area contributed by atoms with Crippen LogP contribution in [0.15, 0.2) is 54.6 Å². The molecule has 1 atom stereocenters. The number of para-hydroxylation sites is 2. The molecule has 2 aromatic carbocycles. The van der Waals surface area contributed by atoms with Crippen LogP contribution in [0.5, 0.6) is 0 Å². The molecule has 2 saturated heterocycles. The SMILES string of the molecule is O=C1CC(Nc2ccccc2N2CCOCC2)C(=O)N1CCc1ccccc1. The van der Waals surface area contributed by atoms with Gasteiger partial charge in [0.2, 0.25) is 5.91 Å². The normalized spacial score (nSPS) is 19.9. The smallest absolute Gasteiger partial charge is 0.252 e. The maximum absolute atomic E-state index is 12.8. The van der Waals surface area contributed by atoms with Crippen molar-refractivity contribution in [3.05, 3.63) is 60.2 Å². The molecule has 1 unspecified atom stereocenters. The van der Waals surface area contributed by atoms with Crippen molar-refractivity contribution in [2.45, 2.75) is 18.9 Å². The van der Waals surface area contributed by atoms with Gasteiger partial charge in [0.05, 0.1) is 31.0 Å². The largest absolute Gasteiger partial charge is 0.378 e. The van der Waals surface area contributed by atoms with Crippen LogP contribution < -0.4 is 10.2 Å². The molecule has 2 heterocycles. The Bertz CT molecular complexity index is 834. The van der Waals surface area contributed by atoms with Crippen LogP contribution >= 0.6 is 0 Å². The van der Waals surface area contributed by atoms with Gasteiger partial charge in [0, 0.05) is 19.6 Å². The van der Waals surface area contributed by atoms with E-state index in [1.807, 2.05) is 54.6 Å². The fourth-order valence-electron chi connectivity index (χ4n) is 3.78. The highest BCUT2D eigenvalue weighted by Gasteiger charge is 2.38. The number of carbonyl (C=O) groups excluding carboxylic acids is 2. The summed E-state index contributed by atoms with van der Waals surface area (Å²) in [6.07, 6.45) is 0.875. The number of nitrogens with zero attached hydrogens (tertiary/aromatic N) is 2. The van der Waals surface area contributed by atoms with Crippen molar-refractivity contribution in [1.82, 2.24) is 4.90 Å². The predicted octanol–water partition coefficient (Wildman–Crippen LogP) is 2.31. The minimum atomic E-state index is -0.509. The van der Waals surface area contributed by atoms with E-state index in [1.165, 1.54) is 4.90 Å². The summed E-state index contributed by atoms with van der Waals surface area (Å²) < 4.78 is 5.44. The van der Waals surface area contributed by atoms with Crippen LogP contribution in [0.25, 0.3) is 0 Å². The summed E-state index contributed by atoms with van der Waals surface area (Å²) in [6.45, 7) is 3.45. The minimum Gasteiger partial charge on any atom is -0.378 e. The number of benzene rings is 2. The summed E-state index contributed by atoms with van der Waals surface area (Å²) in [6, 6.07) is 17.4. The van der Waals surface area contributed by atoms with Crippen LogP contribution in [-0.2, 0) is 20.7 Å². The van der Waals surface area contributed by atoms with Crippen molar-refractivity contribution in [2.75, 3.05) is 43.1 Å². The van der Waals surface area contributed by atoms with E-state index in [-0.39, 0.29) is 18.2 Å². The van der Waals surface area contributed by atoms with E-state index in [0.717, 1.165) is 30.0 Å². The molecule has 0 spiro atoms. The van der Waals surface area contributed by atoms with Gasteiger partial charge in [-0.1, -0.05) is 42.5 Å². The van der Waals surface area contributed by atoms with Gasteiger partial charge in [0.1, 0.15) is 6.04 Å². The lowest BCUT2D eigenvalue weighted by Crippen LogP contribution is -2.38. The average Bonchev–Trinajstić information content (AvgIpc) is 3.01. The van der Waals surface area contributed by atoms with E-state index in [2.05, 4.69) is 10.2 Å². The number of amides is 2. The standard InChI is InChI=1S/C22H25N3O3/c26-21-16-19(22(27)25(21)11-10-17-6-2-1-3-7-17)23-18-8-4-5-9-20(18)24-12-14-28-15-13-24/h1-9,19,23H,10-16H2. The molecule has 6 nitrogen and oxygen atoms in total. The van der Waals surface area contributed by atoms with Gasteiger partial charge in [-0.2, -0.15) is 0 Å². The molecule has 0 aliphatic carbocycles. The predicted molar refractivity (Wildman–Crippen MR) is 108 cm³/mol. The molecule has 0 aromatic heterocycles. The van der Waals surface area contributed by atoms with Crippen molar-refractivity contribution in [1.29, 1.82) is 0 Å². The second kappa shape index (κ2) is 8.44. The molecule has 6 heteroatoms. The summed E-state index contributed by atoms with van der Waals surface area (Å²) in [7, 11) is 0. The third-order valence-corrected chi connectivity index (χ3v) is 5.30. The van der Waals surface area contributed by atoms with Crippen molar-refractivity contribution < 1.29 is 14.3 Å². The van der Waals surface area contributed by atoms with Gasteiger partial charge in [0.25, 0.3) is 5.91 Å². The Hall–Kier alpha value is -2.86. The van der Waals surface area contributed by atoms with E-state index in [1.54, 1.807) is 0 Å². The summed E-state index contributed by atoms with van der Waals surface area (Å²) in [5.74, 6) is -0.250. The summed E-state index contributed by atoms with van der Waals surface area (Å²) in [4.78, 5) is 28.9. The lowest BCUT2D eigenvalue weighted by atomic mass is 10.1. The summed E-state index contributed by atoms with van der Waals surface area (Å²) in [5.41, 5.74) is 3.06. The zero-order valence-corrected chi connectivity index (χ0v) is 15.8. The molecule has 2 fully saturated rings. The maximum atomic E-state index is 12.8. The highest BCUT2D eigenvalue weighted by atomic mass is 16.5. The highest BCUT2D eigenvalue weighted by molar-refractivity contribution is 6.07. The molecule has 0 bridgehead atoms. The molecule has 0 radical (unpaired) electrons. The molecule has 2 aliphatic heterocycles. The monoisotopic (exact) mass is 379 g/mol. The quantitative estimate of drug-likeness (QED) is 0.781. The molecule has 2 aliphatic rings. The van der Waals surface area contributed by atoms with Gasteiger partial charge in [-0.15, -0.1) is 0 Å². The van der Waals surface area contributed by atoms with Gasteiger partial charge >= 0.3 is 0 Å². The lowest BCUT2D eigenvalue weighted by Gasteiger charge is -2.31. The number of anilines is 2. The Kier molecular flexibility index (Phi) is 5.58. The Morgan fingerprint density at radius 2 is 1.68 bits per heavy atom. The van der Waals surface area contributed by atoms with Gasteiger partial charge in [-0.05, 0) is 24.1 Å². The molecule has 4 rings (SSSR count). The van der Waals surface area contributed by atoms with E-state index >= 15 is 0 Å². The first-order chi connectivity index (χ1) is 13.7. The third kappa shape index (κ3) is 4.02. The molecule has 1 N–H and O–H groups in total. The van der Waals surface area contributed by atoms with E-state index in [4.69, 9.17) is 4.74 Å². The Labute approximate surface area is 165 Å². The van der Waals surface area contributed by atoms with Gasteiger partial charge < -0.3 is 15.0 Å². The Morgan fingerprint density at radius 1 is 0.964 bits per heavy atom. The molecule has 28 heavy (non-hydrogen) atoms. The zero-order chi connectivity index (χ0) is 19.3. The zero-order valence-electron chi connectivity index (χ0n) is 15.8. The number of nitrogens with one attached hydrogen (secondary N) is 1. The number of morpholine rings is 1. The third-order valence-electron chi connectivity index (χ3n) is 5.30. The molecule has 2 amide bonds. The number of imide groups is 1. The van der Waals surface area contributed by atoms with Crippen LogP contribution in [0, 0.1) is 0 Å². The second-order valence-electron chi connectivity index (χ2n) is 7.14. The minimum absolute atomic E-state index is 0.109. The van der Waals surface area contributed by atoms with E-state index in [0.29, 0.717) is 26.2 Å². The van der Waals surface area contributed by atoms with Crippen LogP contribution in [-0.4, -0.2) is 55.6 Å². The van der Waals surface area contributed by atoms with Gasteiger partial charge in [-0.3, -0.25) is 14.5 Å². The van der Waals surface area contributed by atoms with Crippen molar-refractivity contribution >= 4 is 23.2 Å². The van der Waals surface area contributed by atoms with Crippen LogP contribution in [0.1, 0.15) is 12.0 Å². The lowest BCUT2D eigenvalue weighted by molar-refractivity contribution is -0.138. The topological polar surface area (TPSA) is 61.9 Å². The highest BCUT2D eigenvalue weighted by Crippen LogP contribution is 2.29. The molecular weight excluding hydrogens is 354 g/mol. The fourth-order valence-corrected chi connectivity index (χ4v) is 3.78. The molecule has 0 saturated carbocycles. The number of ether oxygens (including phenoxy) is 1. The van der Waals surface area contributed by atoms with E-state index in [9.17, 15) is 9.59 Å². The number of hydrogen-bond acceptors (Lipinski definition) is 5. The Morgan fingerprint density at radius 3 is 2.46 bits per heavy atom. The van der Waals surface area contributed by atoms with Gasteiger partial charge in [0.15, 0.2) is 0 Å². The fraction of sp³-hybridized carbons (Fsp3) is 0.364. The summed E-state index contributed by atoms with van der Waals surface area (Å²) >= 11 is 0. The first-order valence-electron chi connectivity index (χ1n) is 9.79. The van der Waals surface area contributed by atoms with Crippen molar-refractivity contribution in [3.8, 4) is 0 Å². The van der Waals surface area contributed by atoms with Crippen molar-refractivity contribution in [2.24, 2.45) is 0 Å². The van der Waals surface area contributed by atoms with Crippen LogP contribution in [0.2, 0.25) is 0 Å². The van der Waals surface area contributed by atoms with Crippen LogP contribution in [0.4, 0.5) is 11.4 Å². The summed E-state index contributed by atoms with van der Waals surface area (Å²) in [5, 5.41) is 3.32. The Balaban J connectivity index is 1.43. The maximum Gasteiger partial charge on any atom is 0.252 e. The number of carbonyl (C=O) groups is 2. The number of hydrogen-bond donors (Lipinski definition) is 1. The first-order valence-corrected chi connectivity index (χ1v) is 9.79. The molecule has 2 aromatic rings. The molecular formula is C22H25N3O3. The second-order valence-corrected chi connectivity index (χ2v) is 7.14. The molecule has 146 valence electrons. The van der Waals surface area contributed by atoms with Crippen LogP contribution in [0.3, 0.4) is 0 Å². The number of rotatable bonds is 6. The van der Waals surface area contributed by atoms with Crippen molar-refractivity contribution in [3.63, 3.8) is 0 Å². The average molecular weight is 379 g/mol. The van der Waals surface area contributed by atoms with Gasteiger partial charge in [-0.25, -0.2) is 0 Å². The first kappa shape index (κ1) is 18.5.